The molecular formula is C17H20Cl2IN3O3. The zero-order chi connectivity index (χ0) is 18.4. The van der Waals surface area contributed by atoms with E-state index in [9.17, 15) is 4.79 Å². The number of nitrogens with zero attached hydrogens (tertiary/aromatic N) is 1. The number of aryl methyl sites for hydroxylation is 1. The van der Waals surface area contributed by atoms with Crippen LogP contribution < -0.4 is 10.6 Å². The van der Waals surface area contributed by atoms with E-state index in [1.54, 1.807) is 32.2 Å². The first-order chi connectivity index (χ1) is 11.9. The van der Waals surface area contributed by atoms with Crippen LogP contribution in [0.3, 0.4) is 0 Å². The van der Waals surface area contributed by atoms with Crippen molar-refractivity contribution < 1.29 is 13.9 Å². The highest BCUT2D eigenvalue weighted by atomic mass is 127. The van der Waals surface area contributed by atoms with E-state index >= 15 is 0 Å². The molecule has 9 heteroatoms. The Kier molecular flexibility index (Phi) is 9.24. The van der Waals surface area contributed by atoms with E-state index in [2.05, 4.69) is 15.6 Å². The average Bonchev–Trinajstić information content (AvgIpc) is 2.96. The van der Waals surface area contributed by atoms with Gasteiger partial charge in [-0.2, -0.15) is 0 Å². The van der Waals surface area contributed by atoms with Crippen LogP contribution in [0.1, 0.15) is 27.4 Å². The summed E-state index contributed by atoms with van der Waals surface area (Å²) < 4.78 is 10.3. The van der Waals surface area contributed by atoms with Crippen molar-refractivity contribution in [3.8, 4) is 0 Å². The third kappa shape index (κ3) is 6.07. The summed E-state index contributed by atoms with van der Waals surface area (Å²) in [5, 5.41) is 7.43. The molecule has 0 saturated carbocycles. The van der Waals surface area contributed by atoms with E-state index in [1.807, 2.05) is 6.07 Å². The van der Waals surface area contributed by atoms with Crippen molar-refractivity contribution in [2.45, 2.75) is 20.0 Å². The number of ether oxygens (including phenoxy) is 1. The van der Waals surface area contributed by atoms with Gasteiger partial charge in [-0.1, -0.05) is 29.3 Å². The number of guanidine groups is 1. The minimum atomic E-state index is -0.424. The maximum atomic E-state index is 11.6. The van der Waals surface area contributed by atoms with E-state index in [-0.39, 0.29) is 24.0 Å². The molecule has 0 aliphatic rings. The fourth-order valence-electron chi connectivity index (χ4n) is 2.18. The Labute approximate surface area is 179 Å². The fourth-order valence-corrected chi connectivity index (χ4v) is 2.65. The number of benzene rings is 1. The van der Waals surface area contributed by atoms with Crippen LogP contribution in [0.4, 0.5) is 0 Å². The van der Waals surface area contributed by atoms with Crippen LogP contribution in [-0.4, -0.2) is 26.1 Å². The molecule has 0 fully saturated rings. The second kappa shape index (κ2) is 10.6. The lowest BCUT2D eigenvalue weighted by Gasteiger charge is -2.12. The molecule has 0 amide bonds. The first kappa shape index (κ1) is 22.6. The van der Waals surface area contributed by atoms with Gasteiger partial charge in [0.25, 0.3) is 0 Å². The average molecular weight is 512 g/mol. The highest BCUT2D eigenvalue weighted by molar-refractivity contribution is 14.0. The van der Waals surface area contributed by atoms with Crippen LogP contribution in [0.5, 0.6) is 0 Å². The number of methoxy groups -OCH3 is 1. The topological polar surface area (TPSA) is 75.9 Å². The second-order valence-corrected chi connectivity index (χ2v) is 6.03. The number of hydrogen-bond donors (Lipinski definition) is 2. The van der Waals surface area contributed by atoms with Gasteiger partial charge in [0.15, 0.2) is 5.96 Å². The maximum absolute atomic E-state index is 11.6. The van der Waals surface area contributed by atoms with Crippen LogP contribution in [0.15, 0.2) is 33.7 Å². The van der Waals surface area contributed by atoms with Gasteiger partial charge in [-0.25, -0.2) is 4.79 Å². The predicted octanol–water partition coefficient (Wildman–Crippen LogP) is 4.16. The number of rotatable bonds is 5. The monoisotopic (exact) mass is 511 g/mol. The molecule has 0 atom stereocenters. The van der Waals surface area contributed by atoms with Gasteiger partial charge in [-0.05, 0) is 30.7 Å². The number of aliphatic imine (C=N–C) groups is 1. The molecule has 2 N–H and O–H groups in total. The van der Waals surface area contributed by atoms with E-state index < -0.39 is 5.97 Å². The largest absolute Gasteiger partial charge is 0.465 e. The normalized spacial score (nSPS) is 10.9. The molecule has 0 radical (unpaired) electrons. The van der Waals surface area contributed by atoms with E-state index in [1.165, 1.54) is 7.11 Å². The number of carbonyl (C=O) groups excluding carboxylic acids is 1. The second-order valence-electron chi connectivity index (χ2n) is 5.19. The molecule has 6 nitrogen and oxygen atoms in total. The van der Waals surface area contributed by atoms with Gasteiger partial charge < -0.3 is 19.8 Å². The molecule has 142 valence electrons. The SMILES string of the molecule is CN=C(NCc1cc(C(=O)OC)c(C)o1)NCc1ccc(Cl)cc1Cl.I. The maximum Gasteiger partial charge on any atom is 0.341 e. The summed E-state index contributed by atoms with van der Waals surface area (Å²) in [6.07, 6.45) is 0. The Morgan fingerprint density at radius 2 is 1.92 bits per heavy atom. The Hall–Kier alpha value is -1.45. The predicted molar refractivity (Wildman–Crippen MR) is 114 cm³/mol. The van der Waals surface area contributed by atoms with Gasteiger partial charge in [0.2, 0.25) is 0 Å². The highest BCUT2D eigenvalue weighted by Gasteiger charge is 2.15. The van der Waals surface area contributed by atoms with Crippen molar-refractivity contribution in [3.05, 3.63) is 57.0 Å². The number of carbonyl (C=O) groups is 1. The molecule has 1 aromatic heterocycles. The van der Waals surface area contributed by atoms with Crippen molar-refractivity contribution in [3.63, 3.8) is 0 Å². The van der Waals surface area contributed by atoms with Crippen LogP contribution >= 0.6 is 47.2 Å². The lowest BCUT2D eigenvalue weighted by atomic mass is 10.2. The minimum absolute atomic E-state index is 0. The summed E-state index contributed by atoms with van der Waals surface area (Å²) in [5.41, 5.74) is 1.31. The lowest BCUT2D eigenvalue weighted by molar-refractivity contribution is 0.0599. The molecule has 26 heavy (non-hydrogen) atoms. The fraction of sp³-hybridized carbons (Fsp3) is 0.294. The quantitative estimate of drug-likeness (QED) is 0.273. The third-order valence-electron chi connectivity index (χ3n) is 3.49. The van der Waals surface area contributed by atoms with Crippen LogP contribution in [0, 0.1) is 6.92 Å². The highest BCUT2D eigenvalue weighted by Crippen LogP contribution is 2.20. The first-order valence-corrected chi connectivity index (χ1v) is 8.26. The Morgan fingerprint density at radius 1 is 1.23 bits per heavy atom. The van der Waals surface area contributed by atoms with E-state index in [4.69, 9.17) is 32.4 Å². The zero-order valence-electron chi connectivity index (χ0n) is 14.6. The van der Waals surface area contributed by atoms with Crippen molar-refractivity contribution in [1.82, 2.24) is 10.6 Å². The molecule has 0 aliphatic heterocycles. The molecular weight excluding hydrogens is 492 g/mol. The van der Waals surface area contributed by atoms with E-state index in [0.717, 1.165) is 5.56 Å². The van der Waals surface area contributed by atoms with Gasteiger partial charge in [-0.3, -0.25) is 4.99 Å². The summed E-state index contributed by atoms with van der Waals surface area (Å²) in [4.78, 5) is 15.7. The molecule has 0 bridgehead atoms. The molecule has 0 unspecified atom stereocenters. The van der Waals surface area contributed by atoms with Gasteiger partial charge in [0, 0.05) is 23.6 Å². The van der Waals surface area contributed by atoms with Crippen LogP contribution in [-0.2, 0) is 17.8 Å². The number of esters is 1. The Morgan fingerprint density at radius 3 is 2.54 bits per heavy atom. The number of furan rings is 1. The summed E-state index contributed by atoms with van der Waals surface area (Å²) in [6, 6.07) is 6.97. The molecule has 1 aromatic carbocycles. The van der Waals surface area contributed by atoms with Crippen molar-refractivity contribution in [1.29, 1.82) is 0 Å². The van der Waals surface area contributed by atoms with Crippen molar-refractivity contribution in [2.24, 2.45) is 4.99 Å². The molecule has 0 spiro atoms. The smallest absolute Gasteiger partial charge is 0.341 e. The van der Waals surface area contributed by atoms with Gasteiger partial charge in [-0.15, -0.1) is 24.0 Å². The van der Waals surface area contributed by atoms with Crippen molar-refractivity contribution in [2.75, 3.05) is 14.2 Å². The summed E-state index contributed by atoms with van der Waals surface area (Å²) >= 11 is 12.0. The summed E-state index contributed by atoms with van der Waals surface area (Å²) in [6.45, 7) is 2.57. The number of halogens is 3. The standard InChI is InChI=1S/C17H19Cl2N3O3.HI/c1-10-14(16(23)24-3)7-13(25-10)9-22-17(20-2)21-8-11-4-5-12(18)6-15(11)19;/h4-7H,8-9H2,1-3H3,(H2,20,21,22);1H. The van der Waals surface area contributed by atoms with E-state index in [0.29, 0.717) is 46.2 Å². The molecule has 1 heterocycles. The number of hydrogen-bond acceptors (Lipinski definition) is 4. The van der Waals surface area contributed by atoms with Crippen LogP contribution in [0.25, 0.3) is 0 Å². The Balaban J connectivity index is 0.00000338. The summed E-state index contributed by atoms with van der Waals surface area (Å²) in [5.74, 6) is 1.26. The molecule has 0 aliphatic carbocycles. The van der Waals surface area contributed by atoms with Crippen LogP contribution in [0.2, 0.25) is 10.0 Å². The summed E-state index contributed by atoms with van der Waals surface area (Å²) in [7, 11) is 2.99. The van der Waals surface area contributed by atoms with Crippen molar-refractivity contribution >= 4 is 59.1 Å². The minimum Gasteiger partial charge on any atom is -0.465 e. The third-order valence-corrected chi connectivity index (χ3v) is 4.08. The van der Waals surface area contributed by atoms with Gasteiger partial charge in [0.05, 0.1) is 13.7 Å². The zero-order valence-corrected chi connectivity index (χ0v) is 18.4. The Bertz CT molecular complexity index is 794. The molecule has 0 saturated heterocycles. The number of nitrogens with one attached hydrogen (secondary N) is 2. The lowest BCUT2D eigenvalue weighted by Crippen LogP contribution is -2.36. The molecule has 2 aromatic rings. The first-order valence-electron chi connectivity index (χ1n) is 7.50. The molecule has 2 rings (SSSR count). The van der Waals surface area contributed by atoms with Gasteiger partial charge >= 0.3 is 5.97 Å². The van der Waals surface area contributed by atoms with Gasteiger partial charge in [0.1, 0.15) is 17.1 Å².